The lowest BCUT2D eigenvalue weighted by Gasteiger charge is -2.09. The van der Waals surface area contributed by atoms with Crippen LogP contribution in [0.5, 0.6) is 5.75 Å². The maximum absolute atomic E-state index is 9.32. The zero-order chi connectivity index (χ0) is 9.30. The SMILES string of the molecule is Cc1cc(O)c(Br)cc1C(C)O. The first kappa shape index (κ1) is 9.55. The van der Waals surface area contributed by atoms with Gasteiger partial charge in [-0.05, 0) is 53.0 Å². The van der Waals surface area contributed by atoms with Crippen LogP contribution in [0, 0.1) is 6.92 Å². The Bertz CT molecular complexity index is 295. The average molecular weight is 231 g/mol. The lowest BCUT2D eigenvalue weighted by molar-refractivity contribution is 0.198. The molecular formula is C9H11BrO2. The van der Waals surface area contributed by atoms with Crippen molar-refractivity contribution in [2.45, 2.75) is 20.0 Å². The topological polar surface area (TPSA) is 40.5 Å². The van der Waals surface area contributed by atoms with Gasteiger partial charge in [0.2, 0.25) is 0 Å². The number of benzene rings is 1. The number of phenols is 1. The number of phenolic OH excluding ortho intramolecular Hbond substituents is 1. The van der Waals surface area contributed by atoms with E-state index in [1.54, 1.807) is 19.1 Å². The third-order valence-electron chi connectivity index (χ3n) is 1.79. The lowest BCUT2D eigenvalue weighted by Crippen LogP contribution is -1.94. The molecule has 0 bridgehead atoms. The van der Waals surface area contributed by atoms with Crippen molar-refractivity contribution in [3.63, 3.8) is 0 Å². The minimum Gasteiger partial charge on any atom is -0.507 e. The molecule has 0 radical (unpaired) electrons. The summed E-state index contributed by atoms with van der Waals surface area (Å²) in [4.78, 5) is 0. The fraction of sp³-hybridized carbons (Fsp3) is 0.333. The van der Waals surface area contributed by atoms with Crippen molar-refractivity contribution in [2.75, 3.05) is 0 Å². The van der Waals surface area contributed by atoms with E-state index in [4.69, 9.17) is 0 Å². The highest BCUT2D eigenvalue weighted by molar-refractivity contribution is 9.10. The number of aryl methyl sites for hydroxylation is 1. The summed E-state index contributed by atoms with van der Waals surface area (Å²) in [7, 11) is 0. The van der Waals surface area contributed by atoms with Gasteiger partial charge in [0.25, 0.3) is 0 Å². The maximum Gasteiger partial charge on any atom is 0.130 e. The van der Waals surface area contributed by atoms with Crippen molar-refractivity contribution in [3.05, 3.63) is 27.7 Å². The Hall–Kier alpha value is -0.540. The monoisotopic (exact) mass is 230 g/mol. The summed E-state index contributed by atoms with van der Waals surface area (Å²) in [6.07, 6.45) is -0.498. The minimum atomic E-state index is -0.498. The molecule has 0 spiro atoms. The Morgan fingerprint density at radius 3 is 2.50 bits per heavy atom. The molecule has 2 nitrogen and oxygen atoms in total. The first-order valence-electron chi connectivity index (χ1n) is 3.69. The van der Waals surface area contributed by atoms with Gasteiger partial charge in [0, 0.05) is 0 Å². The smallest absolute Gasteiger partial charge is 0.130 e. The number of aliphatic hydroxyl groups is 1. The molecule has 1 aromatic rings. The number of hydrogen-bond donors (Lipinski definition) is 2. The van der Waals surface area contributed by atoms with Crippen LogP contribution in [-0.2, 0) is 0 Å². The zero-order valence-corrected chi connectivity index (χ0v) is 8.59. The van der Waals surface area contributed by atoms with Gasteiger partial charge >= 0.3 is 0 Å². The summed E-state index contributed by atoms with van der Waals surface area (Å²) >= 11 is 3.19. The van der Waals surface area contributed by atoms with Gasteiger partial charge in [-0.2, -0.15) is 0 Å². The number of hydrogen-bond acceptors (Lipinski definition) is 2. The highest BCUT2D eigenvalue weighted by Gasteiger charge is 2.08. The molecule has 0 aliphatic rings. The van der Waals surface area contributed by atoms with E-state index in [-0.39, 0.29) is 5.75 Å². The van der Waals surface area contributed by atoms with Crippen LogP contribution in [0.3, 0.4) is 0 Å². The Labute approximate surface area is 80.0 Å². The first-order chi connectivity index (χ1) is 5.52. The fourth-order valence-electron chi connectivity index (χ4n) is 1.13. The minimum absolute atomic E-state index is 0.205. The van der Waals surface area contributed by atoms with Crippen molar-refractivity contribution in [1.82, 2.24) is 0 Å². The number of aromatic hydroxyl groups is 1. The summed E-state index contributed by atoms with van der Waals surface area (Å²) < 4.78 is 0.615. The van der Waals surface area contributed by atoms with E-state index in [1.807, 2.05) is 6.92 Å². The molecule has 0 aromatic heterocycles. The van der Waals surface area contributed by atoms with Gasteiger partial charge in [-0.1, -0.05) is 0 Å². The second-order valence-electron chi connectivity index (χ2n) is 2.84. The standard InChI is InChI=1S/C9H11BrO2/c1-5-3-9(12)8(10)4-7(5)6(2)11/h3-4,6,11-12H,1-2H3. The number of rotatable bonds is 1. The summed E-state index contributed by atoms with van der Waals surface area (Å²) in [5.74, 6) is 0.205. The molecule has 0 heterocycles. The van der Waals surface area contributed by atoms with Gasteiger partial charge in [0.15, 0.2) is 0 Å². The number of aliphatic hydroxyl groups excluding tert-OH is 1. The molecule has 66 valence electrons. The molecule has 1 atom stereocenters. The van der Waals surface area contributed by atoms with Crippen molar-refractivity contribution in [3.8, 4) is 5.75 Å². The van der Waals surface area contributed by atoms with Crippen LogP contribution in [-0.4, -0.2) is 10.2 Å². The number of halogens is 1. The van der Waals surface area contributed by atoms with Crippen LogP contribution < -0.4 is 0 Å². The second-order valence-corrected chi connectivity index (χ2v) is 3.69. The fourth-order valence-corrected chi connectivity index (χ4v) is 1.49. The van der Waals surface area contributed by atoms with E-state index >= 15 is 0 Å². The second kappa shape index (κ2) is 3.46. The molecule has 2 N–H and O–H groups in total. The van der Waals surface area contributed by atoms with E-state index in [2.05, 4.69) is 15.9 Å². The van der Waals surface area contributed by atoms with Crippen LogP contribution >= 0.6 is 15.9 Å². The van der Waals surface area contributed by atoms with Crippen molar-refractivity contribution >= 4 is 15.9 Å². The van der Waals surface area contributed by atoms with E-state index in [1.165, 1.54) is 0 Å². The van der Waals surface area contributed by atoms with Crippen LogP contribution in [0.25, 0.3) is 0 Å². The van der Waals surface area contributed by atoms with Crippen LogP contribution in [0.4, 0.5) is 0 Å². The average Bonchev–Trinajstić information content (AvgIpc) is 1.96. The lowest BCUT2D eigenvalue weighted by atomic mass is 10.0. The molecule has 1 aromatic carbocycles. The third kappa shape index (κ3) is 1.79. The molecule has 0 saturated heterocycles. The van der Waals surface area contributed by atoms with Crippen LogP contribution in [0.2, 0.25) is 0 Å². The quantitative estimate of drug-likeness (QED) is 0.779. The Morgan fingerprint density at radius 2 is 2.00 bits per heavy atom. The highest BCUT2D eigenvalue weighted by Crippen LogP contribution is 2.29. The Kier molecular flexibility index (Phi) is 2.75. The van der Waals surface area contributed by atoms with Gasteiger partial charge in [-0.15, -0.1) is 0 Å². The molecule has 0 aliphatic heterocycles. The summed E-state index contributed by atoms with van der Waals surface area (Å²) in [5, 5.41) is 18.6. The van der Waals surface area contributed by atoms with Gasteiger partial charge in [-0.25, -0.2) is 0 Å². The van der Waals surface area contributed by atoms with E-state index in [0.29, 0.717) is 4.47 Å². The molecular weight excluding hydrogens is 220 g/mol. The Balaban J connectivity index is 3.23. The van der Waals surface area contributed by atoms with Gasteiger partial charge in [0.05, 0.1) is 10.6 Å². The van der Waals surface area contributed by atoms with E-state index in [9.17, 15) is 10.2 Å². The van der Waals surface area contributed by atoms with Crippen molar-refractivity contribution in [1.29, 1.82) is 0 Å². The normalized spacial score (nSPS) is 13.0. The van der Waals surface area contributed by atoms with E-state index in [0.717, 1.165) is 11.1 Å². The zero-order valence-electron chi connectivity index (χ0n) is 7.00. The predicted octanol–water partition coefficient (Wildman–Crippen LogP) is 2.52. The van der Waals surface area contributed by atoms with Gasteiger partial charge < -0.3 is 10.2 Å². The summed E-state index contributed by atoms with van der Waals surface area (Å²) in [6.45, 7) is 3.56. The highest BCUT2D eigenvalue weighted by atomic mass is 79.9. The molecule has 0 saturated carbocycles. The molecule has 3 heteroatoms. The van der Waals surface area contributed by atoms with Crippen molar-refractivity contribution in [2.24, 2.45) is 0 Å². The maximum atomic E-state index is 9.32. The summed E-state index contributed by atoms with van der Waals surface area (Å²) in [6, 6.07) is 3.36. The largest absolute Gasteiger partial charge is 0.507 e. The summed E-state index contributed by atoms with van der Waals surface area (Å²) in [5.41, 5.74) is 1.73. The molecule has 12 heavy (non-hydrogen) atoms. The molecule has 1 rings (SSSR count). The predicted molar refractivity (Wildman–Crippen MR) is 51.2 cm³/mol. The molecule has 0 fully saturated rings. The van der Waals surface area contributed by atoms with Crippen molar-refractivity contribution < 1.29 is 10.2 Å². The Morgan fingerprint density at radius 1 is 1.42 bits per heavy atom. The molecule has 0 amide bonds. The van der Waals surface area contributed by atoms with Gasteiger partial charge in [-0.3, -0.25) is 0 Å². The third-order valence-corrected chi connectivity index (χ3v) is 2.42. The van der Waals surface area contributed by atoms with Gasteiger partial charge in [0.1, 0.15) is 5.75 Å². The van der Waals surface area contributed by atoms with Crippen LogP contribution in [0.1, 0.15) is 24.2 Å². The first-order valence-corrected chi connectivity index (χ1v) is 4.48. The molecule has 0 aliphatic carbocycles. The van der Waals surface area contributed by atoms with E-state index < -0.39 is 6.10 Å². The van der Waals surface area contributed by atoms with Crippen LogP contribution in [0.15, 0.2) is 16.6 Å². The molecule has 1 unspecified atom stereocenters.